The lowest BCUT2D eigenvalue weighted by atomic mass is 10.2. The summed E-state index contributed by atoms with van der Waals surface area (Å²) >= 11 is 11.9. The Labute approximate surface area is 142 Å². The molecule has 118 valence electrons. The molecule has 1 aromatic heterocycles. The van der Waals surface area contributed by atoms with Gasteiger partial charge in [-0.25, -0.2) is 8.42 Å². The minimum absolute atomic E-state index is 0.0114. The molecule has 3 rings (SSSR count). The van der Waals surface area contributed by atoms with E-state index < -0.39 is 15.1 Å². The van der Waals surface area contributed by atoms with Crippen LogP contribution in [-0.4, -0.2) is 18.6 Å². The molecule has 0 aliphatic rings. The van der Waals surface area contributed by atoms with Gasteiger partial charge in [-0.1, -0.05) is 46.0 Å². The summed E-state index contributed by atoms with van der Waals surface area (Å²) < 4.78 is 30.3. The monoisotopic (exact) mass is 368 g/mol. The second kappa shape index (κ2) is 5.96. The second-order valence-electron chi connectivity index (χ2n) is 4.81. The molecule has 0 saturated carbocycles. The van der Waals surface area contributed by atoms with Crippen molar-refractivity contribution in [3.63, 3.8) is 0 Å². The van der Waals surface area contributed by atoms with Crippen molar-refractivity contribution in [2.75, 3.05) is 0 Å². The first-order valence-electron chi connectivity index (χ1n) is 6.48. The van der Waals surface area contributed by atoms with E-state index in [-0.39, 0.29) is 10.8 Å². The predicted octanol–water partition coefficient (Wildman–Crippen LogP) is 4.18. The maximum atomic E-state index is 12.5. The van der Waals surface area contributed by atoms with Crippen LogP contribution in [0, 0.1) is 6.92 Å². The summed E-state index contributed by atoms with van der Waals surface area (Å²) in [6, 6.07) is 11.1. The molecule has 1 heterocycles. The summed E-state index contributed by atoms with van der Waals surface area (Å²) in [4.78, 5) is 0.0838. The van der Waals surface area contributed by atoms with Gasteiger partial charge in [0, 0.05) is 5.02 Å². The van der Waals surface area contributed by atoms with Gasteiger partial charge in [0.25, 0.3) is 9.84 Å². The van der Waals surface area contributed by atoms with Gasteiger partial charge in [0.1, 0.15) is 0 Å². The summed E-state index contributed by atoms with van der Waals surface area (Å²) in [7, 11) is -3.87. The maximum Gasteiger partial charge on any atom is 0.340 e. The number of rotatable bonds is 3. The third-order valence-electron chi connectivity index (χ3n) is 3.13. The molecule has 0 N–H and O–H groups in total. The highest BCUT2D eigenvalue weighted by molar-refractivity contribution is 7.91. The maximum absolute atomic E-state index is 12.5. The zero-order chi connectivity index (χ0) is 16.6. The standard InChI is InChI=1S/C15H10Cl2N2O3S/c1-9-2-5-11(6-3-9)23(20,21)15-19-18-14(22-15)12-7-4-10(16)8-13(12)17/h2-8H,1H3. The van der Waals surface area contributed by atoms with E-state index in [9.17, 15) is 8.42 Å². The number of hydrogen-bond acceptors (Lipinski definition) is 5. The smallest absolute Gasteiger partial charge is 0.340 e. The normalized spacial score (nSPS) is 11.6. The molecule has 0 saturated heterocycles. The minimum Gasteiger partial charge on any atom is -0.407 e. The van der Waals surface area contributed by atoms with Gasteiger partial charge in [-0.05, 0) is 37.3 Å². The van der Waals surface area contributed by atoms with Crippen LogP contribution in [0.15, 0.2) is 57.0 Å². The van der Waals surface area contributed by atoms with E-state index in [0.29, 0.717) is 15.6 Å². The molecule has 0 amide bonds. The number of aromatic nitrogens is 2. The van der Waals surface area contributed by atoms with Crippen LogP contribution < -0.4 is 0 Å². The fourth-order valence-corrected chi connectivity index (χ4v) is 3.43. The Balaban J connectivity index is 2.03. The molecule has 0 radical (unpaired) electrons. The molecule has 0 spiro atoms. The zero-order valence-corrected chi connectivity index (χ0v) is 14.2. The minimum atomic E-state index is -3.87. The van der Waals surface area contributed by atoms with E-state index in [1.54, 1.807) is 24.3 Å². The van der Waals surface area contributed by atoms with Crippen molar-refractivity contribution in [2.24, 2.45) is 0 Å². The Hall–Kier alpha value is -1.89. The third kappa shape index (κ3) is 3.10. The number of nitrogens with zero attached hydrogens (tertiary/aromatic N) is 2. The Morgan fingerprint density at radius 1 is 1.00 bits per heavy atom. The van der Waals surface area contributed by atoms with Crippen molar-refractivity contribution in [2.45, 2.75) is 17.0 Å². The topological polar surface area (TPSA) is 73.1 Å². The van der Waals surface area contributed by atoms with Gasteiger partial charge in [-0.3, -0.25) is 0 Å². The number of hydrogen-bond donors (Lipinski definition) is 0. The molecule has 0 bridgehead atoms. The van der Waals surface area contributed by atoms with Crippen LogP contribution in [0.4, 0.5) is 0 Å². The fraction of sp³-hybridized carbons (Fsp3) is 0.0667. The Kier molecular flexibility index (Phi) is 4.14. The molecule has 3 aromatic rings. The third-order valence-corrected chi connectivity index (χ3v) is 5.19. The van der Waals surface area contributed by atoms with Crippen LogP contribution in [0.25, 0.3) is 11.5 Å². The van der Waals surface area contributed by atoms with E-state index >= 15 is 0 Å². The highest BCUT2D eigenvalue weighted by atomic mass is 35.5. The van der Waals surface area contributed by atoms with Crippen molar-refractivity contribution >= 4 is 33.0 Å². The molecular weight excluding hydrogens is 359 g/mol. The number of sulfone groups is 1. The summed E-state index contributed by atoms with van der Waals surface area (Å²) in [5.74, 6) is 0.0114. The van der Waals surface area contributed by atoms with E-state index in [2.05, 4.69) is 10.2 Å². The van der Waals surface area contributed by atoms with Crippen molar-refractivity contribution in [1.29, 1.82) is 0 Å². The molecule has 2 aromatic carbocycles. The quantitative estimate of drug-likeness (QED) is 0.692. The Morgan fingerprint density at radius 2 is 1.70 bits per heavy atom. The van der Waals surface area contributed by atoms with Crippen molar-refractivity contribution < 1.29 is 12.8 Å². The van der Waals surface area contributed by atoms with E-state index in [1.807, 2.05) is 6.92 Å². The SMILES string of the molecule is Cc1ccc(S(=O)(=O)c2nnc(-c3ccc(Cl)cc3Cl)o2)cc1. The molecule has 5 nitrogen and oxygen atoms in total. The van der Waals surface area contributed by atoms with Gasteiger partial charge in [0.05, 0.1) is 15.5 Å². The first-order chi connectivity index (χ1) is 10.9. The van der Waals surface area contributed by atoms with Crippen LogP contribution in [0.1, 0.15) is 5.56 Å². The summed E-state index contributed by atoms with van der Waals surface area (Å²) in [5, 5.41) is 7.65. The highest BCUT2D eigenvalue weighted by Gasteiger charge is 2.25. The average Bonchev–Trinajstić information content (AvgIpc) is 2.98. The van der Waals surface area contributed by atoms with E-state index in [1.165, 1.54) is 18.2 Å². The lowest BCUT2D eigenvalue weighted by Crippen LogP contribution is -2.02. The molecule has 23 heavy (non-hydrogen) atoms. The van der Waals surface area contributed by atoms with E-state index in [4.69, 9.17) is 27.6 Å². The fourth-order valence-electron chi connectivity index (χ4n) is 1.91. The highest BCUT2D eigenvalue weighted by Crippen LogP contribution is 2.31. The van der Waals surface area contributed by atoms with Crippen LogP contribution in [0.2, 0.25) is 10.0 Å². The lowest BCUT2D eigenvalue weighted by Gasteiger charge is -2.01. The average molecular weight is 369 g/mol. The summed E-state index contributed by atoms with van der Waals surface area (Å²) in [5.41, 5.74) is 1.36. The van der Waals surface area contributed by atoms with Crippen LogP contribution in [0.5, 0.6) is 0 Å². The van der Waals surface area contributed by atoms with Crippen molar-refractivity contribution in [3.05, 3.63) is 58.1 Å². The first-order valence-corrected chi connectivity index (χ1v) is 8.72. The van der Waals surface area contributed by atoms with E-state index in [0.717, 1.165) is 5.56 Å². The predicted molar refractivity (Wildman–Crippen MR) is 86.4 cm³/mol. The number of aryl methyl sites for hydroxylation is 1. The molecule has 0 atom stereocenters. The van der Waals surface area contributed by atoms with Gasteiger partial charge < -0.3 is 4.42 Å². The lowest BCUT2D eigenvalue weighted by molar-refractivity contribution is 0.440. The van der Waals surface area contributed by atoms with Crippen molar-refractivity contribution in [1.82, 2.24) is 10.2 Å². The Bertz CT molecular complexity index is 967. The molecule has 0 aliphatic heterocycles. The van der Waals surface area contributed by atoms with Crippen molar-refractivity contribution in [3.8, 4) is 11.5 Å². The summed E-state index contributed by atoms with van der Waals surface area (Å²) in [6.45, 7) is 1.86. The van der Waals surface area contributed by atoms with Crippen LogP contribution in [0.3, 0.4) is 0 Å². The molecule has 0 fully saturated rings. The summed E-state index contributed by atoms with van der Waals surface area (Å²) in [6.07, 6.45) is 0. The Morgan fingerprint density at radius 3 is 2.35 bits per heavy atom. The van der Waals surface area contributed by atoms with Gasteiger partial charge in [0.15, 0.2) is 0 Å². The van der Waals surface area contributed by atoms with Crippen LogP contribution in [-0.2, 0) is 9.84 Å². The van der Waals surface area contributed by atoms with Gasteiger partial charge in [-0.15, -0.1) is 5.10 Å². The van der Waals surface area contributed by atoms with Gasteiger partial charge >= 0.3 is 5.22 Å². The number of halogens is 2. The number of benzene rings is 2. The van der Waals surface area contributed by atoms with Gasteiger partial charge in [-0.2, -0.15) is 0 Å². The molecule has 8 heteroatoms. The largest absolute Gasteiger partial charge is 0.407 e. The first kappa shape index (κ1) is 16.0. The molecular formula is C15H10Cl2N2O3S. The van der Waals surface area contributed by atoms with Crippen LogP contribution >= 0.6 is 23.2 Å². The van der Waals surface area contributed by atoms with Gasteiger partial charge in [0.2, 0.25) is 5.89 Å². The molecule has 0 aliphatic carbocycles. The second-order valence-corrected chi connectivity index (χ2v) is 7.48. The zero-order valence-electron chi connectivity index (χ0n) is 11.8. The molecule has 0 unspecified atom stereocenters.